The van der Waals surface area contributed by atoms with Gasteiger partial charge in [-0.3, -0.25) is 9.59 Å². The molecular formula is C18H16FN5O2. The summed E-state index contributed by atoms with van der Waals surface area (Å²) in [5, 5.41) is 9.41. The number of rotatable bonds is 2. The SMILES string of the molecule is Cc1cc(C)n2ncc(C(=O)Nc3cc4c(cc3F)CCC(=O)N4)c2n1. The molecule has 0 radical (unpaired) electrons. The van der Waals surface area contributed by atoms with E-state index in [9.17, 15) is 14.0 Å². The van der Waals surface area contributed by atoms with Crippen LogP contribution in [0, 0.1) is 19.7 Å². The quantitative estimate of drug-likeness (QED) is 0.741. The third-order valence-corrected chi connectivity index (χ3v) is 4.36. The zero-order valence-corrected chi connectivity index (χ0v) is 14.3. The number of hydrogen-bond donors (Lipinski definition) is 2. The predicted octanol–water partition coefficient (Wildman–Crippen LogP) is 2.62. The summed E-state index contributed by atoms with van der Waals surface area (Å²) in [4.78, 5) is 28.5. The number of aryl methyl sites for hydroxylation is 3. The number of anilines is 2. The highest BCUT2D eigenvalue weighted by molar-refractivity contribution is 6.08. The lowest BCUT2D eigenvalue weighted by molar-refractivity contribution is -0.116. The fraction of sp³-hybridized carbons (Fsp3) is 0.222. The molecule has 0 unspecified atom stereocenters. The molecule has 0 aliphatic carbocycles. The molecule has 2 aromatic heterocycles. The topological polar surface area (TPSA) is 88.4 Å². The number of benzene rings is 1. The van der Waals surface area contributed by atoms with Gasteiger partial charge in [0.05, 0.1) is 11.9 Å². The van der Waals surface area contributed by atoms with Crippen molar-refractivity contribution >= 4 is 28.8 Å². The van der Waals surface area contributed by atoms with Gasteiger partial charge in [-0.2, -0.15) is 5.10 Å². The molecule has 2 N–H and O–H groups in total. The van der Waals surface area contributed by atoms with Crippen molar-refractivity contribution in [2.75, 3.05) is 10.6 Å². The Morgan fingerprint density at radius 1 is 1.27 bits per heavy atom. The predicted molar refractivity (Wildman–Crippen MR) is 93.8 cm³/mol. The molecule has 2 amide bonds. The van der Waals surface area contributed by atoms with E-state index < -0.39 is 11.7 Å². The van der Waals surface area contributed by atoms with Crippen molar-refractivity contribution in [1.82, 2.24) is 14.6 Å². The van der Waals surface area contributed by atoms with Crippen molar-refractivity contribution in [2.24, 2.45) is 0 Å². The van der Waals surface area contributed by atoms with Crippen LogP contribution < -0.4 is 10.6 Å². The van der Waals surface area contributed by atoms with Crippen molar-refractivity contribution in [3.63, 3.8) is 0 Å². The smallest absolute Gasteiger partial charge is 0.261 e. The number of carbonyl (C=O) groups excluding carboxylic acids is 2. The number of halogens is 1. The van der Waals surface area contributed by atoms with Crippen molar-refractivity contribution < 1.29 is 14.0 Å². The Morgan fingerprint density at radius 2 is 2.08 bits per heavy atom. The Kier molecular flexibility index (Phi) is 3.68. The van der Waals surface area contributed by atoms with Gasteiger partial charge in [-0.1, -0.05) is 0 Å². The van der Waals surface area contributed by atoms with E-state index in [4.69, 9.17) is 0 Å². The zero-order chi connectivity index (χ0) is 18.4. The van der Waals surface area contributed by atoms with Gasteiger partial charge in [0.1, 0.15) is 11.4 Å². The number of hydrogen-bond acceptors (Lipinski definition) is 4. The molecule has 0 atom stereocenters. The highest BCUT2D eigenvalue weighted by atomic mass is 19.1. The first-order valence-electron chi connectivity index (χ1n) is 8.18. The van der Waals surface area contributed by atoms with Gasteiger partial charge >= 0.3 is 0 Å². The van der Waals surface area contributed by atoms with Gasteiger partial charge < -0.3 is 10.6 Å². The highest BCUT2D eigenvalue weighted by Crippen LogP contribution is 2.29. The van der Waals surface area contributed by atoms with Gasteiger partial charge in [-0.05, 0) is 44.0 Å². The second kappa shape index (κ2) is 5.91. The van der Waals surface area contributed by atoms with Gasteiger partial charge in [0, 0.05) is 23.5 Å². The lowest BCUT2D eigenvalue weighted by Gasteiger charge is -2.18. The molecule has 26 heavy (non-hydrogen) atoms. The monoisotopic (exact) mass is 353 g/mol. The summed E-state index contributed by atoms with van der Waals surface area (Å²) in [5.41, 5.74) is 3.48. The van der Waals surface area contributed by atoms with Crippen LogP contribution in [0.25, 0.3) is 5.65 Å². The van der Waals surface area contributed by atoms with E-state index >= 15 is 0 Å². The van der Waals surface area contributed by atoms with Gasteiger partial charge in [0.2, 0.25) is 5.91 Å². The van der Waals surface area contributed by atoms with Crippen LogP contribution in [-0.4, -0.2) is 26.4 Å². The van der Waals surface area contributed by atoms with Gasteiger partial charge in [0.15, 0.2) is 5.65 Å². The summed E-state index contributed by atoms with van der Waals surface area (Å²) in [6, 6.07) is 4.63. The molecule has 3 heterocycles. The molecule has 7 nitrogen and oxygen atoms in total. The number of aromatic nitrogens is 3. The average molecular weight is 353 g/mol. The maximum absolute atomic E-state index is 14.4. The first-order valence-corrected chi connectivity index (χ1v) is 8.18. The lowest BCUT2D eigenvalue weighted by atomic mass is 10.0. The second-order valence-corrected chi connectivity index (χ2v) is 6.32. The minimum atomic E-state index is -0.551. The van der Waals surface area contributed by atoms with Gasteiger partial charge in [-0.15, -0.1) is 0 Å². The molecule has 4 rings (SSSR count). The average Bonchev–Trinajstić information content (AvgIpc) is 3.00. The molecule has 8 heteroatoms. The normalized spacial score (nSPS) is 13.4. The summed E-state index contributed by atoms with van der Waals surface area (Å²) in [6.45, 7) is 3.69. The Bertz CT molecular complexity index is 1070. The van der Waals surface area contributed by atoms with Crippen LogP contribution in [0.5, 0.6) is 0 Å². The second-order valence-electron chi connectivity index (χ2n) is 6.32. The van der Waals surface area contributed by atoms with Crippen LogP contribution in [0.15, 0.2) is 24.4 Å². The van der Waals surface area contributed by atoms with Crippen molar-refractivity contribution in [2.45, 2.75) is 26.7 Å². The maximum atomic E-state index is 14.4. The van der Waals surface area contributed by atoms with Gasteiger partial charge in [0.25, 0.3) is 5.91 Å². The summed E-state index contributed by atoms with van der Waals surface area (Å²) < 4.78 is 15.9. The van der Waals surface area contributed by atoms with E-state index in [1.54, 1.807) is 4.52 Å². The lowest BCUT2D eigenvalue weighted by Crippen LogP contribution is -2.20. The van der Waals surface area contributed by atoms with Crippen molar-refractivity contribution in [3.8, 4) is 0 Å². The molecule has 0 saturated carbocycles. The zero-order valence-electron chi connectivity index (χ0n) is 14.3. The van der Waals surface area contributed by atoms with Crippen LogP contribution in [0.1, 0.15) is 33.7 Å². The summed E-state index contributed by atoms with van der Waals surface area (Å²) in [5.74, 6) is -1.19. The van der Waals surface area contributed by atoms with Crippen LogP contribution >= 0.6 is 0 Å². The summed E-state index contributed by atoms with van der Waals surface area (Å²) in [7, 11) is 0. The first-order chi connectivity index (χ1) is 12.4. The third kappa shape index (κ3) is 2.69. The minimum Gasteiger partial charge on any atom is -0.326 e. The summed E-state index contributed by atoms with van der Waals surface area (Å²) in [6.07, 6.45) is 2.20. The van der Waals surface area contributed by atoms with E-state index in [1.807, 2.05) is 19.9 Å². The van der Waals surface area contributed by atoms with E-state index in [0.29, 0.717) is 29.7 Å². The van der Waals surface area contributed by atoms with E-state index in [1.165, 1.54) is 18.3 Å². The third-order valence-electron chi connectivity index (χ3n) is 4.36. The number of fused-ring (bicyclic) bond motifs is 2. The van der Waals surface area contributed by atoms with Crippen LogP contribution in [-0.2, 0) is 11.2 Å². The van der Waals surface area contributed by atoms with Crippen molar-refractivity contribution in [3.05, 3.63) is 52.7 Å². The summed E-state index contributed by atoms with van der Waals surface area (Å²) >= 11 is 0. The number of amides is 2. The van der Waals surface area contributed by atoms with Crippen molar-refractivity contribution in [1.29, 1.82) is 0 Å². The van der Waals surface area contributed by atoms with Crippen LogP contribution in [0.4, 0.5) is 15.8 Å². The molecule has 0 bridgehead atoms. The number of carbonyl (C=O) groups is 2. The largest absolute Gasteiger partial charge is 0.326 e. The molecule has 0 saturated heterocycles. The standard InChI is InChI=1S/C18H16FN5O2/c1-9-5-10(2)24-17(21-9)12(8-20-24)18(26)23-15-7-14-11(6-13(15)19)3-4-16(25)22-14/h5-8H,3-4H2,1-2H3,(H,22,25)(H,23,26). The number of nitrogens with zero attached hydrogens (tertiary/aromatic N) is 3. The van der Waals surface area contributed by atoms with Crippen LogP contribution in [0.3, 0.4) is 0 Å². The Hall–Kier alpha value is -3.29. The molecule has 1 aliphatic heterocycles. The highest BCUT2D eigenvalue weighted by Gasteiger charge is 2.21. The van der Waals surface area contributed by atoms with Gasteiger partial charge in [-0.25, -0.2) is 13.9 Å². The van der Waals surface area contributed by atoms with E-state index in [-0.39, 0.29) is 17.2 Å². The number of nitrogens with one attached hydrogen (secondary N) is 2. The molecule has 1 aliphatic rings. The Balaban J connectivity index is 1.69. The molecular weight excluding hydrogens is 337 g/mol. The fourth-order valence-electron chi connectivity index (χ4n) is 3.11. The molecule has 132 valence electrons. The van der Waals surface area contributed by atoms with E-state index in [0.717, 1.165) is 11.4 Å². The Morgan fingerprint density at radius 3 is 2.88 bits per heavy atom. The molecule has 0 spiro atoms. The first kappa shape index (κ1) is 16.2. The molecule has 0 fully saturated rings. The fourth-order valence-corrected chi connectivity index (χ4v) is 3.11. The van der Waals surface area contributed by atoms with Crippen LogP contribution in [0.2, 0.25) is 0 Å². The minimum absolute atomic E-state index is 0.000301. The Labute approximate surface area is 148 Å². The van der Waals surface area contributed by atoms with E-state index in [2.05, 4.69) is 20.7 Å². The molecule has 1 aromatic carbocycles. The maximum Gasteiger partial charge on any atom is 0.261 e. The molecule has 3 aromatic rings.